The lowest BCUT2D eigenvalue weighted by Gasteiger charge is -2.18. The predicted molar refractivity (Wildman–Crippen MR) is 200 cm³/mol. The van der Waals surface area contributed by atoms with Crippen LogP contribution >= 0.6 is 0 Å². The number of carbonyl (C=O) groups excluding carboxylic acids is 2. The molecule has 3 unspecified atom stereocenters. The normalized spacial score (nSPS) is 21.1. The molecule has 4 amide bonds. The van der Waals surface area contributed by atoms with Crippen molar-refractivity contribution >= 4 is 43.9 Å². The van der Waals surface area contributed by atoms with Gasteiger partial charge in [-0.2, -0.15) is 21.9 Å². The first-order chi connectivity index (χ1) is 25.9. The molecule has 5 aliphatic carbocycles. The zero-order valence-corrected chi connectivity index (χ0v) is 31.8. The maximum Gasteiger partial charge on any atom is 0.347 e. The molecule has 17 heteroatoms. The summed E-state index contributed by atoms with van der Waals surface area (Å²) < 4.78 is 58.3. The van der Waals surface area contributed by atoms with Crippen LogP contribution in [0.3, 0.4) is 0 Å². The van der Waals surface area contributed by atoms with E-state index in [1.165, 1.54) is 17.3 Å². The van der Waals surface area contributed by atoms with Gasteiger partial charge in [-0.15, -0.1) is 13.3 Å². The smallest absolute Gasteiger partial charge is 0.307 e. The Hall–Kier alpha value is -4.77. The zero-order chi connectivity index (χ0) is 37.5. The van der Waals surface area contributed by atoms with E-state index in [0.29, 0.717) is 21.3 Å². The van der Waals surface area contributed by atoms with Crippen molar-refractivity contribution in [1.82, 2.24) is 32.8 Å². The molecule has 5 aliphatic rings. The third kappa shape index (κ3) is 6.14. The topological polar surface area (TPSA) is 199 Å². The van der Waals surface area contributed by atoms with Gasteiger partial charge in [-0.05, 0) is 139 Å². The van der Waals surface area contributed by atoms with Crippen molar-refractivity contribution in [2.24, 2.45) is 5.92 Å². The number of rotatable bonds is 9. The van der Waals surface area contributed by atoms with E-state index < -0.39 is 32.5 Å². The summed E-state index contributed by atoms with van der Waals surface area (Å²) >= 11 is 0. The molecular weight excluding hydrogens is 731 g/mol. The van der Waals surface area contributed by atoms with Crippen LogP contribution in [0.2, 0.25) is 0 Å². The van der Waals surface area contributed by atoms with Gasteiger partial charge < -0.3 is 10.6 Å². The second-order valence-corrected chi connectivity index (χ2v) is 18.6. The second-order valence-electron chi connectivity index (χ2n) is 15.6. The molecule has 4 aromatic rings. The summed E-state index contributed by atoms with van der Waals surface area (Å²) in [6, 6.07) is 4.55. The molecule has 9 rings (SSSR count). The predicted octanol–water partition coefficient (Wildman–Crippen LogP) is 4.73. The highest BCUT2D eigenvalue weighted by Crippen LogP contribution is 2.59. The SMILES string of the molecule is CC(C)c1ncn(S(=O)(=O)NC(=O)Nc2c3c(cc4c2CCC4C2CC2c2ccn(S(=O)(=O)NC(=O)Nc4c5c(cc6c4CCC6)CCC5)n2)CCC3)n1. The van der Waals surface area contributed by atoms with Gasteiger partial charge in [0.15, 0.2) is 5.82 Å². The monoisotopic (exact) mass is 773 g/mol. The third-order valence-corrected chi connectivity index (χ3v) is 14.1. The number of aromatic nitrogens is 5. The van der Waals surface area contributed by atoms with E-state index in [-0.39, 0.29) is 23.7 Å². The lowest BCUT2D eigenvalue weighted by atomic mass is 9.91. The molecule has 0 saturated heterocycles. The van der Waals surface area contributed by atoms with Crippen molar-refractivity contribution in [3.8, 4) is 0 Å². The molecule has 0 spiro atoms. The molecular formula is C37H43N9O6S2. The largest absolute Gasteiger partial charge is 0.347 e. The van der Waals surface area contributed by atoms with Crippen molar-refractivity contribution in [2.45, 2.75) is 109 Å². The van der Waals surface area contributed by atoms with E-state index in [4.69, 9.17) is 0 Å². The number of aryl methyl sites for hydroxylation is 3. The number of fused-ring (bicyclic) bond motifs is 4. The summed E-state index contributed by atoms with van der Waals surface area (Å²) in [6.45, 7) is 3.69. The Labute approximate surface area is 314 Å². The number of nitrogens with one attached hydrogen (secondary N) is 4. The Morgan fingerprint density at radius 3 is 1.89 bits per heavy atom. The zero-order valence-electron chi connectivity index (χ0n) is 30.2. The third-order valence-electron chi connectivity index (χ3n) is 11.9. The molecule has 2 aromatic heterocycles. The lowest BCUT2D eigenvalue weighted by molar-refractivity contribution is 0.255. The van der Waals surface area contributed by atoms with Gasteiger partial charge in [0, 0.05) is 29.4 Å². The average molecular weight is 774 g/mol. The first kappa shape index (κ1) is 35.0. The highest BCUT2D eigenvalue weighted by Gasteiger charge is 2.48. The second kappa shape index (κ2) is 12.9. The van der Waals surface area contributed by atoms with E-state index in [1.54, 1.807) is 6.07 Å². The average Bonchev–Trinajstić information content (AvgIpc) is 3.87. The van der Waals surface area contributed by atoms with E-state index in [2.05, 4.69) is 47.4 Å². The molecule has 54 heavy (non-hydrogen) atoms. The molecule has 2 heterocycles. The van der Waals surface area contributed by atoms with Crippen LogP contribution in [0.5, 0.6) is 0 Å². The fourth-order valence-electron chi connectivity index (χ4n) is 9.33. The van der Waals surface area contributed by atoms with Crippen LogP contribution in [0.4, 0.5) is 21.0 Å². The van der Waals surface area contributed by atoms with Crippen LogP contribution in [0.25, 0.3) is 0 Å². The summed E-state index contributed by atoms with van der Waals surface area (Å²) in [4.78, 5) is 30.3. The first-order valence-electron chi connectivity index (χ1n) is 18.9. The summed E-state index contributed by atoms with van der Waals surface area (Å²) in [5, 5.41) is 14.2. The molecule has 4 N–H and O–H groups in total. The number of carbonyl (C=O) groups is 2. The van der Waals surface area contributed by atoms with Crippen molar-refractivity contribution in [2.75, 3.05) is 10.6 Å². The standard InChI is InChI=1S/C37H43N9O6S2/c1-20(2)35-38-19-46(42-35)54(51,52)44-37(48)40-34-26-11-5-8-23(26)17-29-27(12-13-28(29)34)30-18-31(30)32-14-15-45(41-32)53(49,50)43-36(47)39-33-24-9-3-6-21(24)16-22-7-4-10-25(22)33/h14-17,19-20,27,30-31H,3-13,18H2,1-2H3,(H2,39,43,47)(H2,40,44,48). The molecule has 3 atom stereocenters. The molecule has 0 bridgehead atoms. The maximum absolute atomic E-state index is 13.3. The van der Waals surface area contributed by atoms with Crippen molar-refractivity contribution in [3.63, 3.8) is 0 Å². The Morgan fingerprint density at radius 1 is 0.722 bits per heavy atom. The number of hydrogen-bond acceptors (Lipinski definition) is 9. The van der Waals surface area contributed by atoms with Gasteiger partial charge in [0.05, 0.1) is 5.69 Å². The molecule has 1 saturated carbocycles. The van der Waals surface area contributed by atoms with Crippen LogP contribution in [0, 0.1) is 5.92 Å². The van der Waals surface area contributed by atoms with E-state index in [9.17, 15) is 26.4 Å². The molecule has 2 aromatic carbocycles. The minimum atomic E-state index is -4.30. The van der Waals surface area contributed by atoms with Gasteiger partial charge >= 0.3 is 32.5 Å². The van der Waals surface area contributed by atoms with E-state index in [0.717, 1.165) is 127 Å². The molecule has 0 radical (unpaired) electrons. The van der Waals surface area contributed by atoms with Crippen molar-refractivity contribution < 1.29 is 26.4 Å². The number of anilines is 2. The van der Waals surface area contributed by atoms with Gasteiger partial charge in [-0.25, -0.2) is 24.0 Å². The first-order valence-corrected chi connectivity index (χ1v) is 21.7. The number of benzene rings is 2. The van der Waals surface area contributed by atoms with Gasteiger partial charge in [-0.1, -0.05) is 26.0 Å². The number of urea groups is 2. The summed E-state index contributed by atoms with van der Waals surface area (Å²) in [7, 11) is -8.59. The van der Waals surface area contributed by atoms with Gasteiger partial charge in [0.25, 0.3) is 0 Å². The molecule has 15 nitrogen and oxygen atoms in total. The lowest BCUT2D eigenvalue weighted by Crippen LogP contribution is -2.38. The van der Waals surface area contributed by atoms with Gasteiger partial charge in [0.1, 0.15) is 6.33 Å². The summed E-state index contributed by atoms with van der Waals surface area (Å²) in [5.74, 6) is 0.707. The van der Waals surface area contributed by atoms with Crippen LogP contribution in [0.1, 0.15) is 120 Å². The van der Waals surface area contributed by atoms with Crippen LogP contribution in [-0.4, -0.2) is 52.3 Å². The Morgan fingerprint density at radius 2 is 1.30 bits per heavy atom. The van der Waals surface area contributed by atoms with Crippen molar-refractivity contribution in [3.05, 3.63) is 86.7 Å². The van der Waals surface area contributed by atoms with Gasteiger partial charge in [-0.3, -0.25) is 0 Å². The van der Waals surface area contributed by atoms with Gasteiger partial charge in [0.2, 0.25) is 0 Å². The quantitative estimate of drug-likeness (QED) is 0.186. The number of amides is 4. The Kier molecular flexibility index (Phi) is 8.37. The Balaban J connectivity index is 0.885. The summed E-state index contributed by atoms with van der Waals surface area (Å²) in [5.41, 5.74) is 11.2. The molecule has 1 fully saturated rings. The van der Waals surface area contributed by atoms with Crippen LogP contribution in [0.15, 0.2) is 30.7 Å². The van der Waals surface area contributed by atoms with E-state index >= 15 is 0 Å². The van der Waals surface area contributed by atoms with Crippen LogP contribution < -0.4 is 20.1 Å². The Bertz CT molecular complexity index is 2420. The maximum atomic E-state index is 13.3. The van der Waals surface area contributed by atoms with E-state index in [1.807, 2.05) is 13.8 Å². The number of hydrogen-bond donors (Lipinski definition) is 4. The van der Waals surface area contributed by atoms with Crippen LogP contribution in [-0.2, 0) is 65.4 Å². The van der Waals surface area contributed by atoms with Crippen molar-refractivity contribution in [1.29, 1.82) is 0 Å². The highest BCUT2D eigenvalue weighted by atomic mass is 32.2. The number of nitrogens with zero attached hydrogens (tertiary/aromatic N) is 5. The molecule has 0 aliphatic heterocycles. The minimum absolute atomic E-state index is 0.0391. The highest BCUT2D eigenvalue weighted by molar-refractivity contribution is 7.88. The summed E-state index contributed by atoms with van der Waals surface area (Å²) in [6.07, 6.45) is 13.2. The molecule has 284 valence electrons. The fourth-order valence-corrected chi connectivity index (χ4v) is 10.9. The minimum Gasteiger partial charge on any atom is -0.307 e. The fraction of sp³-hybridized carbons (Fsp3) is 0.486.